The molecule has 1 N–H and O–H groups in total. The summed E-state index contributed by atoms with van der Waals surface area (Å²) in [5.41, 5.74) is 1.01. The number of nitrogens with one attached hydrogen (secondary N) is 1. The molecule has 7 nitrogen and oxygen atoms in total. The molecule has 2 rings (SSSR count). The van der Waals surface area contributed by atoms with Gasteiger partial charge in [-0.25, -0.2) is 8.42 Å². The molecular weight excluding hydrogens is 542 g/mol. The lowest BCUT2D eigenvalue weighted by molar-refractivity contribution is -0.140. The number of benzene rings is 2. The molecule has 0 radical (unpaired) electrons. The van der Waals surface area contributed by atoms with E-state index in [0.717, 1.165) is 17.0 Å². The Morgan fingerprint density at radius 3 is 2.24 bits per heavy atom. The molecule has 0 aliphatic carbocycles. The maximum atomic E-state index is 13.6. The van der Waals surface area contributed by atoms with E-state index >= 15 is 0 Å². The third-order valence-corrected chi connectivity index (χ3v) is 7.65. The number of para-hydroxylation sites is 1. The van der Waals surface area contributed by atoms with Crippen molar-refractivity contribution >= 4 is 55.1 Å². The normalized spacial score (nSPS) is 13.1. The number of hydrogen-bond donors (Lipinski definition) is 1. The number of amides is 2. The molecule has 10 heteroatoms. The highest BCUT2D eigenvalue weighted by Crippen LogP contribution is 2.28. The van der Waals surface area contributed by atoms with E-state index in [1.807, 2.05) is 20.8 Å². The van der Waals surface area contributed by atoms with Gasteiger partial charge in [0.25, 0.3) is 0 Å². The molecule has 0 unspecified atom stereocenters. The Morgan fingerprint density at radius 1 is 1.06 bits per heavy atom. The molecule has 0 bridgehead atoms. The minimum absolute atomic E-state index is 0.0633. The molecule has 0 aromatic heterocycles. The van der Waals surface area contributed by atoms with E-state index in [4.69, 9.17) is 11.6 Å². The first-order valence-corrected chi connectivity index (χ1v) is 14.1. The van der Waals surface area contributed by atoms with E-state index in [1.54, 1.807) is 48.5 Å². The number of carbonyl (C=O) groups excluding carboxylic acids is 2. The molecule has 0 spiro atoms. The molecule has 0 heterocycles. The Hall–Kier alpha value is -2.10. The third kappa shape index (κ3) is 7.45. The molecule has 2 aromatic carbocycles. The Morgan fingerprint density at radius 2 is 1.68 bits per heavy atom. The lowest BCUT2D eigenvalue weighted by atomic mass is 10.1. The SMILES string of the molecule is CC[C@H](C(=O)N[C@@H](C)CC)N(Cc1ccccc1Cl)C(=O)CN(c1ccccc1Br)S(C)(=O)=O. The van der Waals surface area contributed by atoms with Gasteiger partial charge in [0.05, 0.1) is 11.9 Å². The van der Waals surface area contributed by atoms with Gasteiger partial charge in [0.15, 0.2) is 0 Å². The van der Waals surface area contributed by atoms with E-state index in [9.17, 15) is 18.0 Å². The minimum atomic E-state index is -3.80. The molecule has 2 aromatic rings. The van der Waals surface area contributed by atoms with Gasteiger partial charge in [0.1, 0.15) is 12.6 Å². The Kier molecular flexibility index (Phi) is 10.4. The summed E-state index contributed by atoms with van der Waals surface area (Å²) < 4.78 is 26.9. The largest absolute Gasteiger partial charge is 0.352 e. The zero-order chi connectivity index (χ0) is 25.5. The van der Waals surface area contributed by atoms with Crippen molar-refractivity contribution in [2.24, 2.45) is 0 Å². The van der Waals surface area contributed by atoms with Crippen molar-refractivity contribution in [1.29, 1.82) is 0 Å². The highest BCUT2D eigenvalue weighted by Gasteiger charge is 2.32. The number of sulfonamides is 1. The number of carbonyl (C=O) groups is 2. The smallest absolute Gasteiger partial charge is 0.244 e. The van der Waals surface area contributed by atoms with Crippen LogP contribution in [0.25, 0.3) is 0 Å². The average Bonchev–Trinajstić information content (AvgIpc) is 2.78. The maximum absolute atomic E-state index is 13.6. The highest BCUT2D eigenvalue weighted by atomic mass is 79.9. The number of rotatable bonds is 11. The highest BCUT2D eigenvalue weighted by molar-refractivity contribution is 9.10. The summed E-state index contributed by atoms with van der Waals surface area (Å²) in [6, 6.07) is 13.0. The van der Waals surface area contributed by atoms with Crippen molar-refractivity contribution in [2.45, 2.75) is 52.2 Å². The fourth-order valence-corrected chi connectivity index (χ4v) is 5.09. The van der Waals surface area contributed by atoms with E-state index in [0.29, 0.717) is 27.2 Å². The number of anilines is 1. The quantitative estimate of drug-likeness (QED) is 0.427. The molecule has 34 heavy (non-hydrogen) atoms. The predicted octanol–water partition coefficient (Wildman–Crippen LogP) is 4.59. The average molecular weight is 573 g/mol. The minimum Gasteiger partial charge on any atom is -0.352 e. The molecule has 2 atom stereocenters. The predicted molar refractivity (Wildman–Crippen MR) is 140 cm³/mol. The molecule has 2 amide bonds. The first-order chi connectivity index (χ1) is 16.0. The van der Waals surface area contributed by atoms with Crippen molar-refractivity contribution in [3.8, 4) is 0 Å². The van der Waals surface area contributed by atoms with Crippen molar-refractivity contribution in [3.05, 3.63) is 63.6 Å². The molecular formula is C24H31BrClN3O4S. The summed E-state index contributed by atoms with van der Waals surface area (Å²) in [4.78, 5) is 28.1. The van der Waals surface area contributed by atoms with Crippen LogP contribution in [-0.4, -0.2) is 50.0 Å². The summed E-state index contributed by atoms with van der Waals surface area (Å²) in [5, 5.41) is 3.40. The molecule has 186 valence electrons. The van der Waals surface area contributed by atoms with Crippen molar-refractivity contribution < 1.29 is 18.0 Å². The zero-order valence-electron chi connectivity index (χ0n) is 19.8. The summed E-state index contributed by atoms with van der Waals surface area (Å²) in [5.74, 6) is -0.795. The van der Waals surface area contributed by atoms with Gasteiger partial charge >= 0.3 is 0 Å². The fraction of sp³-hybridized carbons (Fsp3) is 0.417. The third-order valence-electron chi connectivity index (χ3n) is 5.49. The lowest BCUT2D eigenvalue weighted by Gasteiger charge is -2.33. The van der Waals surface area contributed by atoms with E-state index in [2.05, 4.69) is 21.2 Å². The van der Waals surface area contributed by atoms with Gasteiger partial charge in [-0.15, -0.1) is 0 Å². The molecule has 0 saturated carbocycles. The Labute approximate surface area is 215 Å². The van der Waals surface area contributed by atoms with Crippen molar-refractivity contribution in [2.75, 3.05) is 17.1 Å². The van der Waals surface area contributed by atoms with Gasteiger partial charge in [-0.3, -0.25) is 13.9 Å². The zero-order valence-corrected chi connectivity index (χ0v) is 23.0. The van der Waals surface area contributed by atoms with Crippen LogP contribution in [0.2, 0.25) is 5.02 Å². The van der Waals surface area contributed by atoms with Crippen LogP contribution >= 0.6 is 27.5 Å². The fourth-order valence-electron chi connectivity index (χ4n) is 3.42. The topological polar surface area (TPSA) is 86.8 Å². The Bertz CT molecular complexity index is 1110. The van der Waals surface area contributed by atoms with Crippen LogP contribution in [0.3, 0.4) is 0 Å². The summed E-state index contributed by atoms with van der Waals surface area (Å²) in [7, 11) is -3.80. The van der Waals surface area contributed by atoms with Gasteiger partial charge < -0.3 is 10.2 Å². The lowest BCUT2D eigenvalue weighted by Crippen LogP contribution is -2.53. The summed E-state index contributed by atoms with van der Waals surface area (Å²) in [6.45, 7) is 5.27. The van der Waals surface area contributed by atoms with Crippen LogP contribution in [-0.2, 0) is 26.2 Å². The van der Waals surface area contributed by atoms with Crippen molar-refractivity contribution in [3.63, 3.8) is 0 Å². The van der Waals surface area contributed by atoms with Gasteiger partial charge in [0, 0.05) is 22.1 Å². The van der Waals surface area contributed by atoms with Crippen LogP contribution < -0.4 is 9.62 Å². The first kappa shape index (κ1) is 28.1. The van der Waals surface area contributed by atoms with Crippen LogP contribution in [0.15, 0.2) is 53.0 Å². The first-order valence-electron chi connectivity index (χ1n) is 11.0. The van der Waals surface area contributed by atoms with E-state index < -0.39 is 28.5 Å². The Balaban J connectivity index is 2.47. The van der Waals surface area contributed by atoms with Crippen LogP contribution in [0.5, 0.6) is 0 Å². The summed E-state index contributed by atoms with van der Waals surface area (Å²) >= 11 is 9.72. The summed E-state index contributed by atoms with van der Waals surface area (Å²) in [6.07, 6.45) is 2.14. The van der Waals surface area contributed by atoms with Crippen molar-refractivity contribution in [1.82, 2.24) is 10.2 Å². The van der Waals surface area contributed by atoms with Gasteiger partial charge in [0.2, 0.25) is 21.8 Å². The number of halogens is 2. The second-order valence-electron chi connectivity index (χ2n) is 8.08. The standard InChI is InChI=1S/C24H31BrClN3O4S/c1-5-17(3)27-24(31)21(6-2)28(15-18-11-7-9-13-20(18)26)23(30)16-29(34(4,32)33)22-14-10-8-12-19(22)25/h7-14,17,21H,5-6,15-16H2,1-4H3,(H,27,31)/t17-,21+/m0/s1. The second-order valence-corrected chi connectivity index (χ2v) is 11.2. The van der Waals surface area contributed by atoms with E-state index in [-0.39, 0.29) is 18.5 Å². The number of hydrogen-bond acceptors (Lipinski definition) is 4. The monoisotopic (exact) mass is 571 g/mol. The molecule has 0 aliphatic heterocycles. The second kappa shape index (κ2) is 12.6. The molecule has 0 aliphatic rings. The van der Waals surface area contributed by atoms with Crippen LogP contribution in [0.4, 0.5) is 5.69 Å². The van der Waals surface area contributed by atoms with Gasteiger partial charge in [-0.2, -0.15) is 0 Å². The molecule has 0 fully saturated rings. The van der Waals surface area contributed by atoms with E-state index in [1.165, 1.54) is 4.90 Å². The van der Waals surface area contributed by atoms with Crippen LogP contribution in [0, 0.1) is 0 Å². The van der Waals surface area contributed by atoms with Crippen LogP contribution in [0.1, 0.15) is 39.2 Å². The van der Waals surface area contributed by atoms with Gasteiger partial charge in [-0.05, 0) is 59.5 Å². The van der Waals surface area contributed by atoms with Gasteiger partial charge in [-0.1, -0.05) is 55.8 Å². The molecule has 0 saturated heterocycles. The number of nitrogens with zero attached hydrogens (tertiary/aromatic N) is 2. The maximum Gasteiger partial charge on any atom is 0.244 e.